The van der Waals surface area contributed by atoms with Gasteiger partial charge in [0.1, 0.15) is 16.4 Å². The number of hydrogen-bond acceptors (Lipinski definition) is 4. The fraction of sp³-hybridized carbons (Fsp3) is 0.414. The first-order chi connectivity index (χ1) is 15.9. The Morgan fingerprint density at radius 3 is 2.45 bits per heavy atom. The number of rotatable bonds is 8. The summed E-state index contributed by atoms with van der Waals surface area (Å²) in [6, 6.07) is 18.5. The summed E-state index contributed by atoms with van der Waals surface area (Å²) in [6.45, 7) is 6.32. The summed E-state index contributed by atoms with van der Waals surface area (Å²) in [5.74, 6) is 1.03. The van der Waals surface area contributed by atoms with E-state index < -0.39 is 5.63 Å². The zero-order chi connectivity index (χ0) is 23.4. The molecule has 0 atom stereocenters. The lowest BCUT2D eigenvalue weighted by Crippen LogP contribution is -2.24. The lowest BCUT2D eigenvalue weighted by atomic mass is 9.78. The van der Waals surface area contributed by atoms with E-state index >= 15 is 0 Å². The quantitative estimate of drug-likeness (QED) is 0.371. The first-order valence-electron chi connectivity index (χ1n) is 12.1. The van der Waals surface area contributed by atoms with Crippen LogP contribution in [-0.4, -0.2) is 5.11 Å². The van der Waals surface area contributed by atoms with Crippen LogP contribution in [0, 0.1) is 6.92 Å². The SMILES string of the molecule is Cc1ccc(C(C)C)c(Sc2c(O)cc(C3(CCCc4ccccc4)CCCC3)oc2=O)c1. The minimum atomic E-state index is -0.430. The lowest BCUT2D eigenvalue weighted by molar-refractivity contribution is 0.285. The first-order valence-corrected chi connectivity index (χ1v) is 12.9. The van der Waals surface area contributed by atoms with Gasteiger partial charge in [-0.05, 0) is 67.7 Å². The lowest BCUT2D eigenvalue weighted by Gasteiger charge is -2.28. The van der Waals surface area contributed by atoms with Crippen LogP contribution in [0.15, 0.2) is 73.6 Å². The van der Waals surface area contributed by atoms with Crippen LogP contribution < -0.4 is 5.63 Å². The Bertz CT molecular complexity index is 1140. The monoisotopic (exact) mass is 462 g/mol. The molecule has 33 heavy (non-hydrogen) atoms. The van der Waals surface area contributed by atoms with Crippen molar-refractivity contribution in [2.75, 3.05) is 0 Å². The highest BCUT2D eigenvalue weighted by Gasteiger charge is 2.38. The van der Waals surface area contributed by atoms with Crippen LogP contribution in [-0.2, 0) is 11.8 Å². The van der Waals surface area contributed by atoms with E-state index in [2.05, 4.69) is 56.3 Å². The molecule has 1 N–H and O–H groups in total. The van der Waals surface area contributed by atoms with E-state index in [1.807, 2.05) is 13.0 Å². The third-order valence-electron chi connectivity index (χ3n) is 6.94. The normalized spacial score (nSPS) is 15.3. The largest absolute Gasteiger partial charge is 0.506 e. The molecule has 4 rings (SSSR count). The minimum absolute atomic E-state index is 0.0387. The molecule has 1 aliphatic rings. The molecule has 1 heterocycles. The second kappa shape index (κ2) is 10.2. The summed E-state index contributed by atoms with van der Waals surface area (Å²) in [5.41, 5.74) is 3.05. The van der Waals surface area contributed by atoms with Gasteiger partial charge in [-0.1, -0.05) is 80.9 Å². The van der Waals surface area contributed by atoms with E-state index in [0.29, 0.717) is 11.7 Å². The van der Waals surface area contributed by atoms with Gasteiger partial charge in [-0.3, -0.25) is 0 Å². The Morgan fingerprint density at radius 2 is 1.79 bits per heavy atom. The van der Waals surface area contributed by atoms with E-state index in [9.17, 15) is 9.90 Å². The van der Waals surface area contributed by atoms with Crippen molar-refractivity contribution in [2.24, 2.45) is 0 Å². The van der Waals surface area contributed by atoms with Gasteiger partial charge in [0.15, 0.2) is 0 Å². The van der Waals surface area contributed by atoms with Crippen molar-refractivity contribution in [3.8, 4) is 5.75 Å². The van der Waals surface area contributed by atoms with Crippen molar-refractivity contribution >= 4 is 11.8 Å². The maximum absolute atomic E-state index is 13.1. The van der Waals surface area contributed by atoms with Crippen molar-refractivity contribution in [3.63, 3.8) is 0 Å². The van der Waals surface area contributed by atoms with Crippen molar-refractivity contribution in [1.29, 1.82) is 0 Å². The topological polar surface area (TPSA) is 50.4 Å². The van der Waals surface area contributed by atoms with Gasteiger partial charge in [0.25, 0.3) is 0 Å². The van der Waals surface area contributed by atoms with Gasteiger partial charge in [0.05, 0.1) is 0 Å². The second-order valence-corrected chi connectivity index (χ2v) is 10.8. The average Bonchev–Trinajstić information content (AvgIpc) is 3.27. The predicted molar refractivity (Wildman–Crippen MR) is 136 cm³/mol. The molecular formula is C29H34O3S. The third-order valence-corrected chi connectivity index (χ3v) is 8.09. The highest BCUT2D eigenvalue weighted by molar-refractivity contribution is 7.99. The molecule has 4 heteroatoms. The van der Waals surface area contributed by atoms with Crippen molar-refractivity contribution in [1.82, 2.24) is 0 Å². The highest BCUT2D eigenvalue weighted by atomic mass is 32.2. The molecule has 0 bridgehead atoms. The molecule has 1 aliphatic carbocycles. The number of aromatic hydroxyl groups is 1. The zero-order valence-electron chi connectivity index (χ0n) is 19.9. The number of benzene rings is 2. The Hall–Kier alpha value is -2.46. The molecule has 1 saturated carbocycles. The van der Waals surface area contributed by atoms with E-state index in [4.69, 9.17) is 4.42 Å². The van der Waals surface area contributed by atoms with Crippen LogP contribution in [0.5, 0.6) is 5.75 Å². The third kappa shape index (κ3) is 5.38. The summed E-state index contributed by atoms with van der Waals surface area (Å²) >= 11 is 1.32. The summed E-state index contributed by atoms with van der Waals surface area (Å²) < 4.78 is 5.95. The Labute approximate surface area is 201 Å². The maximum atomic E-state index is 13.1. The molecule has 3 aromatic rings. The van der Waals surface area contributed by atoms with Crippen LogP contribution in [0.4, 0.5) is 0 Å². The zero-order valence-corrected chi connectivity index (χ0v) is 20.7. The first kappa shape index (κ1) is 23.7. The summed E-state index contributed by atoms with van der Waals surface area (Å²) in [6.07, 6.45) is 7.29. The van der Waals surface area contributed by atoms with Crippen molar-refractivity contribution in [2.45, 2.75) is 86.8 Å². The van der Waals surface area contributed by atoms with Gasteiger partial charge < -0.3 is 9.52 Å². The molecule has 0 saturated heterocycles. The second-order valence-electron chi connectivity index (χ2n) is 9.74. The van der Waals surface area contributed by atoms with Crippen LogP contribution in [0.25, 0.3) is 0 Å². The molecule has 2 aromatic carbocycles. The Balaban J connectivity index is 1.59. The summed E-state index contributed by atoms with van der Waals surface area (Å²) in [4.78, 5) is 14.4. The fourth-order valence-corrected chi connectivity index (χ4v) is 6.26. The highest BCUT2D eigenvalue weighted by Crippen LogP contribution is 2.46. The molecule has 0 spiro atoms. The van der Waals surface area contributed by atoms with Gasteiger partial charge in [0.2, 0.25) is 0 Å². The van der Waals surface area contributed by atoms with Gasteiger partial charge >= 0.3 is 5.63 Å². The molecule has 0 aliphatic heterocycles. The molecule has 0 unspecified atom stereocenters. The molecule has 0 amide bonds. The molecule has 1 fully saturated rings. The van der Waals surface area contributed by atoms with E-state index in [-0.39, 0.29) is 16.1 Å². The van der Waals surface area contributed by atoms with E-state index in [1.54, 1.807) is 6.07 Å². The average molecular weight is 463 g/mol. The molecular weight excluding hydrogens is 428 g/mol. The Morgan fingerprint density at radius 1 is 1.06 bits per heavy atom. The van der Waals surface area contributed by atoms with E-state index in [1.165, 1.54) is 22.9 Å². The predicted octanol–water partition coefficient (Wildman–Crippen LogP) is 7.76. The van der Waals surface area contributed by atoms with Crippen LogP contribution in [0.1, 0.15) is 80.7 Å². The molecule has 174 valence electrons. The minimum Gasteiger partial charge on any atom is -0.506 e. The molecule has 1 aromatic heterocycles. The smallest absolute Gasteiger partial charge is 0.353 e. The maximum Gasteiger partial charge on any atom is 0.353 e. The summed E-state index contributed by atoms with van der Waals surface area (Å²) in [7, 11) is 0. The number of hydrogen-bond donors (Lipinski definition) is 1. The van der Waals surface area contributed by atoms with Crippen LogP contribution >= 0.6 is 11.8 Å². The van der Waals surface area contributed by atoms with E-state index in [0.717, 1.165) is 55.4 Å². The fourth-order valence-electron chi connectivity index (χ4n) is 5.09. The molecule has 3 nitrogen and oxygen atoms in total. The standard InChI is InChI=1S/C29H34O3S/c1-20(2)23-14-13-21(3)18-25(23)33-27-24(30)19-26(32-28(27)31)29(15-7-8-16-29)17-9-12-22-10-5-4-6-11-22/h4-6,10-11,13-14,18-20,30H,7-9,12,15-17H2,1-3H3. The van der Waals surface area contributed by atoms with Crippen LogP contribution in [0.2, 0.25) is 0 Å². The van der Waals surface area contributed by atoms with Gasteiger partial charge in [-0.15, -0.1) is 0 Å². The van der Waals surface area contributed by atoms with Gasteiger partial charge in [-0.25, -0.2) is 4.79 Å². The Kier molecular flexibility index (Phi) is 7.33. The summed E-state index contributed by atoms with van der Waals surface area (Å²) in [5, 5.41) is 10.9. The van der Waals surface area contributed by atoms with Gasteiger partial charge in [0, 0.05) is 16.4 Å². The van der Waals surface area contributed by atoms with Gasteiger partial charge in [-0.2, -0.15) is 0 Å². The van der Waals surface area contributed by atoms with Crippen molar-refractivity contribution < 1.29 is 9.52 Å². The number of aryl methyl sites for hydroxylation is 2. The van der Waals surface area contributed by atoms with Crippen molar-refractivity contribution in [3.05, 3.63) is 87.5 Å². The molecule has 0 radical (unpaired) electrons. The van der Waals surface area contributed by atoms with Crippen LogP contribution in [0.3, 0.4) is 0 Å².